The highest BCUT2D eigenvalue weighted by atomic mass is 16.3. The monoisotopic (exact) mass is 223 g/mol. The smallest absolute Gasteiger partial charge is 0.160 e. The van der Waals surface area contributed by atoms with Crippen LogP contribution in [0.4, 0.5) is 11.6 Å². The summed E-state index contributed by atoms with van der Waals surface area (Å²) in [5.74, 6) is 6.63. The molecule has 1 fully saturated rings. The molecule has 0 spiro atoms. The van der Waals surface area contributed by atoms with Gasteiger partial charge in [-0.3, -0.25) is 4.98 Å². The Bertz CT molecular complexity index is 358. The molecular formula is C10H17N5O. The number of nitrogen functional groups attached to an aromatic ring is 1. The van der Waals surface area contributed by atoms with Gasteiger partial charge in [-0.15, -0.1) is 0 Å². The number of piperidine rings is 1. The Balaban J connectivity index is 2.08. The summed E-state index contributed by atoms with van der Waals surface area (Å²) in [4.78, 5) is 10.5. The van der Waals surface area contributed by atoms with Gasteiger partial charge >= 0.3 is 0 Å². The van der Waals surface area contributed by atoms with Crippen molar-refractivity contribution < 1.29 is 5.11 Å². The molecule has 88 valence electrons. The van der Waals surface area contributed by atoms with E-state index in [-0.39, 0.29) is 0 Å². The summed E-state index contributed by atoms with van der Waals surface area (Å²) in [5, 5.41) is 9.84. The van der Waals surface area contributed by atoms with Gasteiger partial charge in [0.1, 0.15) is 5.82 Å². The molecule has 2 rings (SSSR count). The summed E-state index contributed by atoms with van der Waals surface area (Å²) in [5.41, 5.74) is 1.93. The van der Waals surface area contributed by atoms with E-state index in [0.29, 0.717) is 5.82 Å². The van der Waals surface area contributed by atoms with Crippen molar-refractivity contribution in [3.05, 3.63) is 12.4 Å². The quantitative estimate of drug-likeness (QED) is 0.487. The second-order valence-corrected chi connectivity index (χ2v) is 4.39. The van der Waals surface area contributed by atoms with Crippen molar-refractivity contribution in [1.82, 2.24) is 9.97 Å². The molecule has 1 aliphatic heterocycles. The molecule has 0 saturated carbocycles. The van der Waals surface area contributed by atoms with Crippen molar-refractivity contribution in [1.29, 1.82) is 0 Å². The number of nitrogens with one attached hydrogen (secondary N) is 1. The largest absolute Gasteiger partial charge is 0.390 e. The number of hydrazine groups is 1. The molecule has 0 aromatic carbocycles. The maximum Gasteiger partial charge on any atom is 0.160 e. The minimum atomic E-state index is -0.548. The van der Waals surface area contributed by atoms with Crippen LogP contribution in [-0.2, 0) is 0 Å². The number of hydrogen-bond donors (Lipinski definition) is 3. The third kappa shape index (κ3) is 2.40. The van der Waals surface area contributed by atoms with Gasteiger partial charge in [-0.1, -0.05) is 0 Å². The van der Waals surface area contributed by atoms with Crippen molar-refractivity contribution in [3.63, 3.8) is 0 Å². The van der Waals surface area contributed by atoms with Gasteiger partial charge in [0.2, 0.25) is 0 Å². The molecule has 1 saturated heterocycles. The summed E-state index contributed by atoms with van der Waals surface area (Å²) in [6.07, 6.45) is 4.77. The van der Waals surface area contributed by atoms with E-state index in [1.165, 1.54) is 0 Å². The Hall–Kier alpha value is -1.40. The van der Waals surface area contributed by atoms with E-state index in [1.807, 2.05) is 6.92 Å². The SMILES string of the molecule is CC1(O)CCN(c2cncc(NN)n2)CC1. The lowest BCUT2D eigenvalue weighted by molar-refractivity contribution is 0.0350. The zero-order valence-electron chi connectivity index (χ0n) is 9.35. The Morgan fingerprint density at radius 2 is 2.12 bits per heavy atom. The highest BCUT2D eigenvalue weighted by Gasteiger charge is 2.27. The number of rotatable bonds is 2. The van der Waals surface area contributed by atoms with E-state index in [2.05, 4.69) is 20.3 Å². The molecule has 0 aliphatic carbocycles. The van der Waals surface area contributed by atoms with Crippen LogP contribution in [0.1, 0.15) is 19.8 Å². The maximum absolute atomic E-state index is 9.84. The Morgan fingerprint density at radius 1 is 1.44 bits per heavy atom. The van der Waals surface area contributed by atoms with Gasteiger partial charge in [0.05, 0.1) is 18.0 Å². The number of nitrogens with zero attached hydrogens (tertiary/aromatic N) is 3. The van der Waals surface area contributed by atoms with E-state index in [4.69, 9.17) is 5.84 Å². The highest BCUT2D eigenvalue weighted by molar-refractivity contribution is 5.43. The molecule has 6 nitrogen and oxygen atoms in total. The molecule has 0 unspecified atom stereocenters. The van der Waals surface area contributed by atoms with Crippen molar-refractivity contribution in [3.8, 4) is 0 Å². The minimum absolute atomic E-state index is 0.548. The molecule has 0 amide bonds. The molecule has 16 heavy (non-hydrogen) atoms. The number of nitrogens with two attached hydrogens (primary N) is 1. The first-order valence-corrected chi connectivity index (χ1v) is 5.37. The van der Waals surface area contributed by atoms with Crippen LogP contribution in [0.5, 0.6) is 0 Å². The van der Waals surface area contributed by atoms with Crippen LogP contribution in [0.15, 0.2) is 12.4 Å². The minimum Gasteiger partial charge on any atom is -0.390 e. The molecule has 1 aliphatic rings. The lowest BCUT2D eigenvalue weighted by Gasteiger charge is -2.36. The third-order valence-electron chi connectivity index (χ3n) is 2.93. The first-order valence-electron chi connectivity index (χ1n) is 5.37. The van der Waals surface area contributed by atoms with Crippen LogP contribution >= 0.6 is 0 Å². The molecule has 1 aromatic rings. The summed E-state index contributed by atoms with van der Waals surface area (Å²) < 4.78 is 0. The molecule has 2 heterocycles. The molecule has 0 radical (unpaired) electrons. The number of aliphatic hydroxyl groups is 1. The Morgan fingerprint density at radius 3 is 2.75 bits per heavy atom. The lowest BCUT2D eigenvalue weighted by Crippen LogP contribution is -2.42. The van der Waals surface area contributed by atoms with Crippen molar-refractivity contribution in [2.45, 2.75) is 25.4 Å². The first-order chi connectivity index (χ1) is 7.61. The second kappa shape index (κ2) is 4.23. The Labute approximate surface area is 94.5 Å². The van der Waals surface area contributed by atoms with Crippen molar-refractivity contribution >= 4 is 11.6 Å². The van der Waals surface area contributed by atoms with Gasteiger partial charge in [0.15, 0.2) is 5.82 Å². The fourth-order valence-electron chi connectivity index (χ4n) is 1.80. The maximum atomic E-state index is 9.84. The van der Waals surface area contributed by atoms with E-state index >= 15 is 0 Å². The van der Waals surface area contributed by atoms with Gasteiger partial charge in [-0.25, -0.2) is 10.8 Å². The summed E-state index contributed by atoms with van der Waals surface area (Å²) in [6.45, 7) is 3.44. The van der Waals surface area contributed by atoms with Gasteiger partial charge in [0, 0.05) is 13.1 Å². The number of aromatic nitrogens is 2. The van der Waals surface area contributed by atoms with Crippen LogP contribution in [0.2, 0.25) is 0 Å². The normalized spacial score (nSPS) is 19.6. The van der Waals surface area contributed by atoms with Gasteiger partial charge in [-0.05, 0) is 19.8 Å². The van der Waals surface area contributed by atoms with E-state index in [0.717, 1.165) is 31.7 Å². The predicted octanol–water partition coefficient (Wildman–Crippen LogP) is 0.113. The summed E-state index contributed by atoms with van der Waals surface area (Å²) >= 11 is 0. The average molecular weight is 223 g/mol. The Kier molecular flexibility index (Phi) is 2.93. The van der Waals surface area contributed by atoms with Crippen LogP contribution < -0.4 is 16.2 Å². The first kappa shape index (κ1) is 11.1. The average Bonchev–Trinajstić information content (AvgIpc) is 2.29. The van der Waals surface area contributed by atoms with Crippen molar-refractivity contribution in [2.24, 2.45) is 5.84 Å². The molecule has 1 aromatic heterocycles. The van der Waals surface area contributed by atoms with E-state index < -0.39 is 5.60 Å². The zero-order chi connectivity index (χ0) is 11.6. The fourth-order valence-corrected chi connectivity index (χ4v) is 1.80. The van der Waals surface area contributed by atoms with Gasteiger partial charge in [0.25, 0.3) is 0 Å². The van der Waals surface area contributed by atoms with Crippen molar-refractivity contribution in [2.75, 3.05) is 23.4 Å². The number of anilines is 2. The van der Waals surface area contributed by atoms with Crippen LogP contribution in [-0.4, -0.2) is 33.8 Å². The molecule has 0 atom stereocenters. The molecular weight excluding hydrogens is 206 g/mol. The molecule has 0 bridgehead atoms. The topological polar surface area (TPSA) is 87.3 Å². The predicted molar refractivity (Wildman–Crippen MR) is 61.9 cm³/mol. The van der Waals surface area contributed by atoms with E-state index in [1.54, 1.807) is 12.4 Å². The molecule has 4 N–H and O–H groups in total. The second-order valence-electron chi connectivity index (χ2n) is 4.39. The van der Waals surface area contributed by atoms with Crippen LogP contribution in [0, 0.1) is 0 Å². The number of hydrogen-bond acceptors (Lipinski definition) is 6. The summed E-state index contributed by atoms with van der Waals surface area (Å²) in [6, 6.07) is 0. The standard InChI is InChI=1S/C10H17N5O/c1-10(16)2-4-15(5-3-10)9-7-12-6-8(13-9)14-11/h6-7,16H,2-5,11H2,1H3,(H,13,14). The van der Waals surface area contributed by atoms with Crippen LogP contribution in [0.25, 0.3) is 0 Å². The lowest BCUT2D eigenvalue weighted by atomic mass is 9.94. The molecule has 6 heteroatoms. The van der Waals surface area contributed by atoms with Gasteiger partial charge in [-0.2, -0.15) is 0 Å². The highest BCUT2D eigenvalue weighted by Crippen LogP contribution is 2.24. The fraction of sp³-hybridized carbons (Fsp3) is 0.600. The third-order valence-corrected chi connectivity index (χ3v) is 2.93. The van der Waals surface area contributed by atoms with E-state index in [9.17, 15) is 5.11 Å². The van der Waals surface area contributed by atoms with Gasteiger partial charge < -0.3 is 15.4 Å². The summed E-state index contributed by atoms with van der Waals surface area (Å²) in [7, 11) is 0. The zero-order valence-corrected chi connectivity index (χ0v) is 9.35. The van der Waals surface area contributed by atoms with Crippen LogP contribution in [0.3, 0.4) is 0 Å².